The van der Waals surface area contributed by atoms with Crippen LogP contribution in [0.25, 0.3) is 0 Å². The first-order valence-corrected chi connectivity index (χ1v) is 8.46. The van der Waals surface area contributed by atoms with Gasteiger partial charge in [-0.25, -0.2) is 8.42 Å². The monoisotopic (exact) mass is 280 g/mol. The zero-order chi connectivity index (χ0) is 13.8. The van der Waals surface area contributed by atoms with Crippen LogP contribution < -0.4 is 0 Å². The molecule has 0 amide bonds. The van der Waals surface area contributed by atoms with Gasteiger partial charge in [-0.1, -0.05) is 29.3 Å². The first-order valence-electron chi connectivity index (χ1n) is 6.85. The Morgan fingerprint density at radius 1 is 1.05 bits per heavy atom. The third-order valence-electron chi connectivity index (χ3n) is 4.63. The second kappa shape index (κ2) is 4.06. The summed E-state index contributed by atoms with van der Waals surface area (Å²) in [5, 5.41) is 10.2. The fourth-order valence-electron chi connectivity index (χ4n) is 3.72. The molecular weight excluding hydrogens is 260 g/mol. The lowest BCUT2D eigenvalue weighted by atomic mass is 9.84. The van der Waals surface area contributed by atoms with Crippen molar-refractivity contribution in [1.29, 1.82) is 0 Å². The number of rotatable bonds is 1. The van der Waals surface area contributed by atoms with Crippen LogP contribution in [0.3, 0.4) is 0 Å². The molecule has 0 saturated carbocycles. The van der Waals surface area contributed by atoms with Gasteiger partial charge in [0, 0.05) is 0 Å². The summed E-state index contributed by atoms with van der Waals surface area (Å²) in [7, 11) is -2.99. The molecule has 19 heavy (non-hydrogen) atoms. The van der Waals surface area contributed by atoms with Gasteiger partial charge in [-0.2, -0.15) is 0 Å². The fourth-order valence-corrected chi connectivity index (χ4v) is 6.21. The summed E-state index contributed by atoms with van der Waals surface area (Å²) >= 11 is 0. The molecule has 104 valence electrons. The van der Waals surface area contributed by atoms with Crippen LogP contribution in [0.15, 0.2) is 18.2 Å². The molecule has 3 rings (SSSR count). The molecule has 3 nitrogen and oxygen atoms in total. The normalized spacial score (nSPS) is 36.4. The molecule has 0 spiro atoms. The van der Waals surface area contributed by atoms with Crippen molar-refractivity contribution in [2.24, 2.45) is 0 Å². The Kier molecular flexibility index (Phi) is 2.81. The second-order valence-corrected chi connectivity index (χ2v) is 8.74. The number of fused-ring (bicyclic) bond motifs is 2. The highest BCUT2D eigenvalue weighted by Gasteiger charge is 2.53. The van der Waals surface area contributed by atoms with Gasteiger partial charge in [0.15, 0.2) is 9.84 Å². The van der Waals surface area contributed by atoms with E-state index >= 15 is 0 Å². The molecule has 4 heteroatoms. The Morgan fingerprint density at radius 3 is 2.00 bits per heavy atom. The Hall–Kier alpha value is -0.870. The lowest BCUT2D eigenvalue weighted by Gasteiger charge is -2.37. The Bertz CT molecular complexity index is 578. The van der Waals surface area contributed by atoms with E-state index in [9.17, 15) is 13.5 Å². The molecule has 2 aliphatic heterocycles. The van der Waals surface area contributed by atoms with E-state index in [2.05, 4.69) is 6.07 Å². The highest BCUT2D eigenvalue weighted by atomic mass is 32.2. The zero-order valence-electron chi connectivity index (χ0n) is 11.4. The van der Waals surface area contributed by atoms with Crippen molar-refractivity contribution in [3.05, 3.63) is 34.9 Å². The van der Waals surface area contributed by atoms with Crippen molar-refractivity contribution in [2.45, 2.75) is 55.6 Å². The molecule has 2 atom stereocenters. The summed E-state index contributed by atoms with van der Waals surface area (Å²) in [6.07, 6.45) is 2.13. The van der Waals surface area contributed by atoms with E-state index in [4.69, 9.17) is 0 Å². The smallest absolute Gasteiger partial charge is 0.156 e. The van der Waals surface area contributed by atoms with Gasteiger partial charge in [-0.05, 0) is 45.1 Å². The molecule has 1 aromatic rings. The Balaban J connectivity index is 2.02. The van der Waals surface area contributed by atoms with Gasteiger partial charge in [0.1, 0.15) is 0 Å². The molecule has 2 unspecified atom stereocenters. The van der Waals surface area contributed by atoms with Crippen LogP contribution in [0, 0.1) is 13.8 Å². The van der Waals surface area contributed by atoms with Crippen LogP contribution >= 0.6 is 0 Å². The van der Waals surface area contributed by atoms with Crippen molar-refractivity contribution in [2.75, 3.05) is 0 Å². The highest BCUT2D eigenvalue weighted by molar-refractivity contribution is 7.93. The molecule has 2 bridgehead atoms. The van der Waals surface area contributed by atoms with Crippen molar-refractivity contribution in [1.82, 2.24) is 0 Å². The summed E-state index contributed by atoms with van der Waals surface area (Å²) in [5.74, 6) is 0. The quantitative estimate of drug-likeness (QED) is 0.858. The van der Waals surface area contributed by atoms with E-state index in [0.29, 0.717) is 25.7 Å². The van der Waals surface area contributed by atoms with E-state index in [-0.39, 0.29) is 10.5 Å². The molecule has 0 aliphatic carbocycles. The summed E-state index contributed by atoms with van der Waals surface area (Å²) in [6.45, 7) is 4.02. The summed E-state index contributed by atoms with van der Waals surface area (Å²) < 4.78 is 24.2. The first-order chi connectivity index (χ1) is 8.81. The lowest BCUT2D eigenvalue weighted by molar-refractivity contribution is 0.0172. The number of sulfone groups is 1. The van der Waals surface area contributed by atoms with Gasteiger partial charge in [-0.15, -0.1) is 0 Å². The maximum atomic E-state index is 12.1. The topological polar surface area (TPSA) is 54.4 Å². The Labute approximate surface area is 114 Å². The molecule has 1 aromatic carbocycles. The van der Waals surface area contributed by atoms with Crippen molar-refractivity contribution in [3.8, 4) is 0 Å². The third-order valence-corrected chi connectivity index (χ3v) is 7.29. The van der Waals surface area contributed by atoms with Crippen LogP contribution in [-0.2, 0) is 15.4 Å². The minimum Gasteiger partial charge on any atom is -0.385 e. The minimum atomic E-state index is -2.99. The summed E-state index contributed by atoms with van der Waals surface area (Å²) in [6, 6.07) is 6.05. The SMILES string of the molecule is Cc1cc(C)cc(C2(O)CC3CCC(C2)S3(=O)=O)c1. The summed E-state index contributed by atoms with van der Waals surface area (Å²) in [4.78, 5) is 0. The molecule has 2 heterocycles. The number of hydrogen-bond donors (Lipinski definition) is 1. The maximum Gasteiger partial charge on any atom is 0.156 e. The molecule has 2 aliphatic rings. The summed E-state index contributed by atoms with van der Waals surface area (Å²) in [5.41, 5.74) is 2.15. The lowest BCUT2D eigenvalue weighted by Crippen LogP contribution is -2.43. The van der Waals surface area contributed by atoms with Gasteiger partial charge in [0.25, 0.3) is 0 Å². The number of benzene rings is 1. The third kappa shape index (κ3) is 2.01. The van der Waals surface area contributed by atoms with Crippen LogP contribution in [0.4, 0.5) is 0 Å². The van der Waals surface area contributed by atoms with E-state index in [1.807, 2.05) is 26.0 Å². The van der Waals surface area contributed by atoms with E-state index in [1.165, 1.54) is 0 Å². The predicted octanol–water partition coefficient (Wildman–Crippen LogP) is 2.23. The molecule has 2 saturated heterocycles. The van der Waals surface area contributed by atoms with Crippen LogP contribution in [0.5, 0.6) is 0 Å². The molecule has 1 N–H and O–H groups in total. The van der Waals surface area contributed by atoms with E-state index in [1.54, 1.807) is 0 Å². The van der Waals surface area contributed by atoms with E-state index in [0.717, 1.165) is 16.7 Å². The number of aryl methyl sites for hydroxylation is 2. The average molecular weight is 280 g/mol. The maximum absolute atomic E-state index is 12.1. The van der Waals surface area contributed by atoms with Gasteiger partial charge >= 0.3 is 0 Å². The zero-order valence-corrected chi connectivity index (χ0v) is 12.2. The minimum absolute atomic E-state index is 0.350. The van der Waals surface area contributed by atoms with E-state index < -0.39 is 15.4 Å². The van der Waals surface area contributed by atoms with Gasteiger partial charge in [-0.3, -0.25) is 0 Å². The average Bonchev–Trinajstić information content (AvgIpc) is 2.49. The van der Waals surface area contributed by atoms with Crippen molar-refractivity contribution >= 4 is 9.84 Å². The number of hydrogen-bond acceptors (Lipinski definition) is 3. The molecule has 2 fully saturated rings. The van der Waals surface area contributed by atoms with Crippen molar-refractivity contribution in [3.63, 3.8) is 0 Å². The van der Waals surface area contributed by atoms with Crippen molar-refractivity contribution < 1.29 is 13.5 Å². The highest BCUT2D eigenvalue weighted by Crippen LogP contribution is 2.47. The van der Waals surface area contributed by atoms with Crippen LogP contribution in [-0.4, -0.2) is 24.0 Å². The molecule has 0 radical (unpaired) electrons. The Morgan fingerprint density at radius 2 is 1.53 bits per heavy atom. The van der Waals surface area contributed by atoms with Gasteiger partial charge in [0.2, 0.25) is 0 Å². The first kappa shape index (κ1) is 13.1. The number of aliphatic hydroxyl groups is 1. The van der Waals surface area contributed by atoms with Crippen LogP contribution in [0.2, 0.25) is 0 Å². The second-order valence-electron chi connectivity index (χ2n) is 6.23. The van der Waals surface area contributed by atoms with Crippen LogP contribution in [0.1, 0.15) is 42.4 Å². The van der Waals surface area contributed by atoms with Gasteiger partial charge < -0.3 is 5.11 Å². The van der Waals surface area contributed by atoms with Gasteiger partial charge in [0.05, 0.1) is 16.1 Å². The fraction of sp³-hybridized carbons (Fsp3) is 0.600. The standard InChI is InChI=1S/C15H20O3S/c1-10-5-11(2)7-12(6-10)15(16)8-13-3-4-14(9-15)19(13,17)18/h5-7,13-14,16H,3-4,8-9H2,1-2H3. The largest absolute Gasteiger partial charge is 0.385 e. The molecular formula is C15H20O3S. The predicted molar refractivity (Wildman–Crippen MR) is 74.8 cm³/mol. The molecule has 0 aromatic heterocycles.